The van der Waals surface area contributed by atoms with Crippen molar-refractivity contribution in [1.29, 1.82) is 0 Å². The van der Waals surface area contributed by atoms with E-state index >= 15 is 8.78 Å². The van der Waals surface area contributed by atoms with E-state index in [0.717, 1.165) is 97.5 Å². The maximum atomic E-state index is 15.4. The molecular weight excluding hydrogens is 919 g/mol. The Morgan fingerprint density at radius 2 is 0.722 bits per heavy atom. The SMILES string of the molecule is CCCCCCc1ccc(-c2ccc(C(=O)Oc3ccc(C(=O)Oc4cc(OC(=O)c5ccc(OC(=O)c6ccc(-c7ccc(CCCCCC)cc7)cc6)cc5F)cc(C(=O)OC)c4)c(F)c3)cc2)cc1. The lowest BCUT2D eigenvalue weighted by Crippen LogP contribution is -2.14. The maximum Gasteiger partial charge on any atom is 0.346 e. The summed E-state index contributed by atoms with van der Waals surface area (Å²) in [6.45, 7) is 4.38. The number of halogens is 2. The first-order valence-corrected chi connectivity index (χ1v) is 24.0. The van der Waals surface area contributed by atoms with E-state index < -0.39 is 52.6 Å². The zero-order chi connectivity index (χ0) is 51.0. The summed E-state index contributed by atoms with van der Waals surface area (Å²) >= 11 is 0. The number of unbranched alkanes of at least 4 members (excludes halogenated alkanes) is 6. The molecule has 0 bridgehead atoms. The van der Waals surface area contributed by atoms with Crippen molar-refractivity contribution >= 4 is 29.8 Å². The van der Waals surface area contributed by atoms with Gasteiger partial charge in [-0.15, -0.1) is 0 Å². The van der Waals surface area contributed by atoms with E-state index in [2.05, 4.69) is 38.1 Å². The molecule has 72 heavy (non-hydrogen) atoms. The second kappa shape index (κ2) is 25.0. The molecule has 0 aliphatic rings. The van der Waals surface area contributed by atoms with E-state index in [0.29, 0.717) is 0 Å². The molecule has 0 unspecified atom stereocenters. The van der Waals surface area contributed by atoms with Gasteiger partial charge in [0, 0.05) is 18.2 Å². The summed E-state index contributed by atoms with van der Waals surface area (Å²) in [4.78, 5) is 65.0. The standard InChI is InChI=1S/C60H54F2O10/c1-4-6-8-10-12-39-14-18-41(19-15-39)43-22-26-45(27-23-43)57(64)69-48-30-32-52(54(61)37-48)59(66)71-50-34-47(56(63)68-3)35-51(36-50)72-60(67)53-33-31-49(38-55(53)62)70-58(65)46-28-24-44(25-29-46)42-20-16-40(17-21-42)13-11-9-7-5-2/h14-38H,4-13H2,1-3H3. The van der Waals surface area contributed by atoms with Crippen LogP contribution in [0.1, 0.15) is 128 Å². The molecule has 7 aromatic carbocycles. The van der Waals surface area contributed by atoms with Crippen molar-refractivity contribution in [3.8, 4) is 45.3 Å². The summed E-state index contributed by atoms with van der Waals surface area (Å²) < 4.78 is 57.1. The zero-order valence-corrected chi connectivity index (χ0v) is 40.3. The number of carbonyl (C=O) groups excluding carboxylic acids is 5. The number of hydrogen-bond acceptors (Lipinski definition) is 10. The molecule has 0 atom stereocenters. The number of benzene rings is 7. The van der Waals surface area contributed by atoms with E-state index in [9.17, 15) is 24.0 Å². The Morgan fingerprint density at radius 3 is 1.07 bits per heavy atom. The first kappa shape index (κ1) is 51.6. The van der Waals surface area contributed by atoms with E-state index in [-0.39, 0.29) is 39.7 Å². The third kappa shape index (κ3) is 14.0. The maximum absolute atomic E-state index is 15.4. The van der Waals surface area contributed by atoms with Gasteiger partial charge in [0.2, 0.25) is 0 Å². The molecular formula is C60H54F2O10. The van der Waals surface area contributed by atoms with Crippen LogP contribution in [0.4, 0.5) is 8.78 Å². The Hall–Kier alpha value is -8.25. The van der Waals surface area contributed by atoms with Crippen LogP contribution in [-0.4, -0.2) is 37.0 Å². The lowest BCUT2D eigenvalue weighted by molar-refractivity contribution is 0.0593. The molecule has 368 valence electrons. The fraction of sp³-hybridized carbons (Fsp3) is 0.217. The fourth-order valence-electron chi connectivity index (χ4n) is 7.87. The Labute approximate surface area is 417 Å². The second-order valence-corrected chi connectivity index (χ2v) is 17.2. The van der Waals surface area contributed by atoms with E-state index in [1.54, 1.807) is 48.5 Å². The topological polar surface area (TPSA) is 132 Å². The number of rotatable bonds is 21. The Bertz CT molecular complexity index is 2820. The van der Waals surface area contributed by atoms with Crippen LogP contribution in [0.2, 0.25) is 0 Å². The van der Waals surface area contributed by atoms with Crippen molar-refractivity contribution in [3.05, 3.63) is 202 Å². The normalized spacial score (nSPS) is 10.8. The fourth-order valence-corrected chi connectivity index (χ4v) is 7.87. The van der Waals surface area contributed by atoms with Gasteiger partial charge in [-0.25, -0.2) is 32.8 Å². The number of ether oxygens (including phenoxy) is 5. The number of esters is 5. The van der Waals surface area contributed by atoms with Gasteiger partial charge >= 0.3 is 29.8 Å². The molecule has 0 amide bonds. The molecule has 12 heteroatoms. The molecule has 0 heterocycles. The minimum Gasteiger partial charge on any atom is -0.465 e. The van der Waals surface area contributed by atoms with Crippen molar-refractivity contribution < 1.29 is 56.4 Å². The zero-order valence-electron chi connectivity index (χ0n) is 40.3. The minimum absolute atomic E-state index is 0.178. The molecule has 0 aliphatic heterocycles. The molecule has 0 fully saturated rings. The summed E-state index contributed by atoms with van der Waals surface area (Å²) in [5.41, 5.74) is 5.45. The summed E-state index contributed by atoms with van der Waals surface area (Å²) in [5, 5.41) is 0. The highest BCUT2D eigenvalue weighted by Gasteiger charge is 2.22. The first-order valence-electron chi connectivity index (χ1n) is 24.0. The Morgan fingerprint density at radius 1 is 0.361 bits per heavy atom. The predicted molar refractivity (Wildman–Crippen MR) is 270 cm³/mol. The predicted octanol–water partition coefficient (Wildman–Crippen LogP) is 14.2. The lowest BCUT2D eigenvalue weighted by atomic mass is 10.0. The molecule has 0 spiro atoms. The molecule has 0 aromatic heterocycles. The highest BCUT2D eigenvalue weighted by molar-refractivity contribution is 5.96. The van der Waals surface area contributed by atoms with Crippen LogP contribution in [0, 0.1) is 11.6 Å². The average Bonchev–Trinajstić information content (AvgIpc) is 3.39. The summed E-state index contributed by atoms with van der Waals surface area (Å²) in [6.07, 6.45) is 11.6. The number of methoxy groups -OCH3 is 1. The monoisotopic (exact) mass is 972 g/mol. The van der Waals surface area contributed by atoms with E-state index in [1.807, 2.05) is 24.3 Å². The van der Waals surface area contributed by atoms with Gasteiger partial charge in [-0.2, -0.15) is 0 Å². The van der Waals surface area contributed by atoms with Gasteiger partial charge in [0.1, 0.15) is 34.6 Å². The second-order valence-electron chi connectivity index (χ2n) is 17.2. The van der Waals surface area contributed by atoms with Crippen LogP contribution in [0.3, 0.4) is 0 Å². The molecule has 7 rings (SSSR count). The first-order chi connectivity index (χ1) is 34.9. The van der Waals surface area contributed by atoms with Gasteiger partial charge in [-0.3, -0.25) is 0 Å². The quantitative estimate of drug-likeness (QED) is 0.0389. The van der Waals surface area contributed by atoms with Crippen LogP contribution in [0.5, 0.6) is 23.0 Å². The van der Waals surface area contributed by atoms with Crippen molar-refractivity contribution in [2.75, 3.05) is 7.11 Å². The largest absolute Gasteiger partial charge is 0.465 e. The third-order valence-corrected chi connectivity index (χ3v) is 11.9. The summed E-state index contributed by atoms with van der Waals surface area (Å²) in [5.74, 6) is -8.07. The molecule has 7 aromatic rings. The van der Waals surface area contributed by atoms with Crippen molar-refractivity contribution in [1.82, 2.24) is 0 Å². The Kier molecular flexibility index (Phi) is 17.9. The van der Waals surface area contributed by atoms with Crippen molar-refractivity contribution in [2.45, 2.75) is 78.1 Å². The van der Waals surface area contributed by atoms with E-state index in [1.165, 1.54) is 61.8 Å². The summed E-state index contributed by atoms with van der Waals surface area (Å²) in [6, 6.07) is 39.7. The average molecular weight is 973 g/mol. The van der Waals surface area contributed by atoms with Crippen LogP contribution in [0.25, 0.3) is 22.3 Å². The van der Waals surface area contributed by atoms with Crippen molar-refractivity contribution in [3.63, 3.8) is 0 Å². The van der Waals surface area contributed by atoms with Gasteiger partial charge in [-0.1, -0.05) is 125 Å². The van der Waals surface area contributed by atoms with Gasteiger partial charge in [0.25, 0.3) is 0 Å². The van der Waals surface area contributed by atoms with Crippen LogP contribution < -0.4 is 18.9 Å². The van der Waals surface area contributed by atoms with Gasteiger partial charge in [0.05, 0.1) is 34.9 Å². The van der Waals surface area contributed by atoms with E-state index in [4.69, 9.17) is 23.7 Å². The number of aryl methyl sites for hydroxylation is 2. The highest BCUT2D eigenvalue weighted by Crippen LogP contribution is 2.29. The molecule has 10 nitrogen and oxygen atoms in total. The highest BCUT2D eigenvalue weighted by atomic mass is 19.1. The van der Waals surface area contributed by atoms with Crippen LogP contribution in [0.15, 0.2) is 152 Å². The minimum atomic E-state index is -1.21. The van der Waals surface area contributed by atoms with Crippen LogP contribution >= 0.6 is 0 Å². The van der Waals surface area contributed by atoms with Crippen molar-refractivity contribution in [2.24, 2.45) is 0 Å². The van der Waals surface area contributed by atoms with Gasteiger partial charge < -0.3 is 23.7 Å². The van der Waals surface area contributed by atoms with Gasteiger partial charge in [-0.05, 0) is 120 Å². The van der Waals surface area contributed by atoms with Crippen LogP contribution in [-0.2, 0) is 17.6 Å². The molecule has 0 radical (unpaired) electrons. The lowest BCUT2D eigenvalue weighted by Gasteiger charge is -2.12. The number of carbonyl (C=O) groups is 5. The third-order valence-electron chi connectivity index (χ3n) is 11.9. The molecule has 0 saturated carbocycles. The smallest absolute Gasteiger partial charge is 0.346 e. The molecule has 0 N–H and O–H groups in total. The van der Waals surface area contributed by atoms with Gasteiger partial charge in [0.15, 0.2) is 0 Å². The number of hydrogen-bond donors (Lipinski definition) is 0. The Balaban J connectivity index is 0.942. The summed E-state index contributed by atoms with van der Waals surface area (Å²) in [7, 11) is 1.09. The molecule has 0 aliphatic carbocycles. The molecule has 0 saturated heterocycles.